The maximum atomic E-state index is 13.9. The summed E-state index contributed by atoms with van der Waals surface area (Å²) < 4.78 is 13.9. The van der Waals surface area contributed by atoms with Crippen LogP contribution in [0, 0.1) is 19.8 Å². The normalized spacial score (nSPS) is 10.7. The molecule has 0 fully saturated rings. The van der Waals surface area contributed by atoms with Gasteiger partial charge in [-0.05, 0) is 55.0 Å². The van der Waals surface area contributed by atoms with Crippen LogP contribution in [0.4, 0.5) is 15.0 Å². The Kier molecular flexibility index (Phi) is 4.61. The second kappa shape index (κ2) is 6.84. The number of amides is 2. The predicted octanol–water partition coefficient (Wildman–Crippen LogP) is 4.19. The van der Waals surface area contributed by atoms with Crippen molar-refractivity contribution in [2.24, 2.45) is 0 Å². The average molecular weight is 338 g/mol. The lowest BCUT2D eigenvalue weighted by molar-refractivity contribution is 0.252. The van der Waals surface area contributed by atoms with Crippen LogP contribution in [0.25, 0.3) is 21.9 Å². The van der Waals surface area contributed by atoms with Crippen molar-refractivity contribution in [2.45, 2.75) is 20.8 Å². The van der Waals surface area contributed by atoms with Crippen molar-refractivity contribution in [3.05, 3.63) is 53.7 Å². The van der Waals surface area contributed by atoms with Crippen LogP contribution in [-0.2, 0) is 0 Å². The van der Waals surface area contributed by atoms with Gasteiger partial charge in [-0.1, -0.05) is 12.1 Å². The summed E-state index contributed by atoms with van der Waals surface area (Å²) in [7, 11) is 0. The molecule has 1 aromatic carbocycles. The van der Waals surface area contributed by atoms with Crippen LogP contribution in [0.1, 0.15) is 18.1 Å². The van der Waals surface area contributed by atoms with Crippen LogP contribution < -0.4 is 10.6 Å². The van der Waals surface area contributed by atoms with Gasteiger partial charge in [-0.3, -0.25) is 5.32 Å². The molecule has 0 aliphatic heterocycles. The molecule has 0 saturated heterocycles. The van der Waals surface area contributed by atoms with E-state index in [1.807, 2.05) is 32.0 Å². The molecule has 0 spiro atoms. The Morgan fingerprint density at radius 2 is 1.92 bits per heavy atom. The predicted molar refractivity (Wildman–Crippen MR) is 97.1 cm³/mol. The van der Waals surface area contributed by atoms with Gasteiger partial charge in [0.15, 0.2) is 0 Å². The van der Waals surface area contributed by atoms with Crippen LogP contribution >= 0.6 is 0 Å². The third-order valence-electron chi connectivity index (χ3n) is 4.13. The van der Waals surface area contributed by atoms with Crippen molar-refractivity contribution in [3.8, 4) is 11.1 Å². The van der Waals surface area contributed by atoms with Crippen LogP contribution in [0.2, 0.25) is 0 Å². The maximum absolute atomic E-state index is 13.9. The summed E-state index contributed by atoms with van der Waals surface area (Å²) in [6, 6.07) is 7.23. The van der Waals surface area contributed by atoms with Gasteiger partial charge in [0, 0.05) is 29.9 Å². The van der Waals surface area contributed by atoms with Gasteiger partial charge in [0.2, 0.25) is 5.95 Å². The van der Waals surface area contributed by atoms with E-state index in [1.165, 1.54) is 6.20 Å². The zero-order chi connectivity index (χ0) is 18.0. The van der Waals surface area contributed by atoms with Crippen LogP contribution in [0.3, 0.4) is 0 Å². The molecule has 25 heavy (non-hydrogen) atoms. The summed E-state index contributed by atoms with van der Waals surface area (Å²) in [6.45, 7) is 6.07. The number of nitrogens with one attached hydrogen (secondary N) is 2. The summed E-state index contributed by atoms with van der Waals surface area (Å²) >= 11 is 0. The fourth-order valence-corrected chi connectivity index (χ4v) is 2.81. The molecular weight excluding hydrogens is 319 g/mol. The van der Waals surface area contributed by atoms with Gasteiger partial charge in [-0.15, -0.1) is 0 Å². The van der Waals surface area contributed by atoms with Crippen molar-refractivity contribution < 1.29 is 9.18 Å². The fraction of sp³-hybridized carbons (Fsp3) is 0.211. The van der Waals surface area contributed by atoms with Crippen molar-refractivity contribution in [1.29, 1.82) is 0 Å². The van der Waals surface area contributed by atoms with E-state index in [4.69, 9.17) is 0 Å². The highest BCUT2D eigenvalue weighted by atomic mass is 19.1. The SMILES string of the molecule is CCNC(=O)Nc1cc2c(-c3ccnc(F)c3C)ccc(C)c2cn1. The molecule has 2 amide bonds. The molecule has 2 N–H and O–H groups in total. The largest absolute Gasteiger partial charge is 0.338 e. The Bertz CT molecular complexity index is 956. The number of pyridine rings is 2. The maximum Gasteiger partial charge on any atom is 0.320 e. The van der Waals surface area contributed by atoms with E-state index >= 15 is 0 Å². The molecule has 0 atom stereocenters. The molecule has 0 bridgehead atoms. The molecule has 0 aliphatic rings. The topological polar surface area (TPSA) is 66.9 Å². The van der Waals surface area contributed by atoms with Crippen molar-refractivity contribution in [2.75, 3.05) is 11.9 Å². The third-order valence-corrected chi connectivity index (χ3v) is 4.13. The number of aryl methyl sites for hydroxylation is 1. The van der Waals surface area contributed by atoms with Gasteiger partial charge in [0.05, 0.1) is 0 Å². The van der Waals surface area contributed by atoms with Crippen LogP contribution in [0.5, 0.6) is 0 Å². The molecule has 2 heterocycles. The van der Waals surface area contributed by atoms with Gasteiger partial charge >= 0.3 is 6.03 Å². The van der Waals surface area contributed by atoms with Gasteiger partial charge in [-0.2, -0.15) is 4.39 Å². The quantitative estimate of drug-likeness (QED) is 0.704. The van der Waals surface area contributed by atoms with Crippen molar-refractivity contribution in [1.82, 2.24) is 15.3 Å². The minimum atomic E-state index is -0.485. The standard InChI is InChI=1S/C19H19FN4O/c1-4-21-19(25)24-17-9-15-14(6-5-11(2)16(15)10-23-17)13-7-8-22-18(20)12(13)3/h5-10H,4H2,1-3H3,(H2,21,23,24,25). The van der Waals surface area contributed by atoms with Crippen molar-refractivity contribution >= 4 is 22.6 Å². The number of urea groups is 1. The molecule has 6 heteroatoms. The smallest absolute Gasteiger partial charge is 0.320 e. The first-order chi connectivity index (χ1) is 12.0. The Labute approximate surface area is 145 Å². The highest BCUT2D eigenvalue weighted by molar-refractivity contribution is 6.01. The number of nitrogens with zero attached hydrogens (tertiary/aromatic N) is 2. The van der Waals surface area contributed by atoms with Crippen LogP contribution in [0.15, 0.2) is 36.7 Å². The Balaban J connectivity index is 2.17. The minimum absolute atomic E-state index is 0.310. The van der Waals surface area contributed by atoms with Crippen LogP contribution in [-0.4, -0.2) is 22.5 Å². The second-order valence-electron chi connectivity index (χ2n) is 5.80. The molecule has 0 aliphatic carbocycles. The molecule has 128 valence electrons. The molecule has 0 radical (unpaired) electrons. The molecular formula is C19H19FN4O. The number of hydrogen-bond acceptors (Lipinski definition) is 3. The Hall–Kier alpha value is -3.02. The number of fused-ring (bicyclic) bond motifs is 1. The number of carbonyl (C=O) groups is 1. The summed E-state index contributed by atoms with van der Waals surface area (Å²) in [5.74, 6) is -0.0431. The Morgan fingerprint density at radius 1 is 1.12 bits per heavy atom. The fourth-order valence-electron chi connectivity index (χ4n) is 2.81. The number of carbonyl (C=O) groups excluding carboxylic acids is 1. The number of anilines is 1. The third kappa shape index (κ3) is 3.28. The summed E-state index contributed by atoms with van der Waals surface area (Å²) in [4.78, 5) is 19.8. The van der Waals surface area contributed by atoms with Gasteiger partial charge in [0.1, 0.15) is 5.82 Å². The molecule has 0 unspecified atom stereocenters. The number of rotatable bonds is 3. The van der Waals surface area contributed by atoms with E-state index in [1.54, 1.807) is 19.2 Å². The number of hydrogen-bond donors (Lipinski definition) is 2. The van der Waals surface area contributed by atoms with Gasteiger partial charge < -0.3 is 5.32 Å². The highest BCUT2D eigenvalue weighted by Gasteiger charge is 2.13. The average Bonchev–Trinajstić information content (AvgIpc) is 2.58. The van der Waals surface area contributed by atoms with E-state index in [0.29, 0.717) is 17.9 Å². The number of aromatic nitrogens is 2. The lowest BCUT2D eigenvalue weighted by Gasteiger charge is -2.13. The monoisotopic (exact) mass is 338 g/mol. The van der Waals surface area contributed by atoms with Gasteiger partial charge in [0.25, 0.3) is 0 Å². The minimum Gasteiger partial charge on any atom is -0.338 e. The highest BCUT2D eigenvalue weighted by Crippen LogP contribution is 2.33. The number of benzene rings is 1. The summed E-state index contributed by atoms with van der Waals surface area (Å²) in [5, 5.41) is 7.23. The second-order valence-corrected chi connectivity index (χ2v) is 5.80. The molecule has 5 nitrogen and oxygen atoms in total. The summed E-state index contributed by atoms with van der Waals surface area (Å²) in [6.07, 6.45) is 3.18. The molecule has 3 aromatic rings. The summed E-state index contributed by atoms with van der Waals surface area (Å²) in [5.41, 5.74) is 3.19. The molecule has 0 saturated carbocycles. The molecule has 2 aromatic heterocycles. The zero-order valence-corrected chi connectivity index (χ0v) is 14.4. The lowest BCUT2D eigenvalue weighted by atomic mass is 9.95. The lowest BCUT2D eigenvalue weighted by Crippen LogP contribution is -2.28. The first-order valence-corrected chi connectivity index (χ1v) is 8.07. The van der Waals surface area contributed by atoms with E-state index in [2.05, 4.69) is 20.6 Å². The zero-order valence-electron chi connectivity index (χ0n) is 14.4. The van der Waals surface area contributed by atoms with E-state index in [-0.39, 0.29) is 6.03 Å². The Morgan fingerprint density at radius 3 is 2.68 bits per heavy atom. The van der Waals surface area contributed by atoms with E-state index < -0.39 is 5.95 Å². The molecule has 3 rings (SSSR count). The van der Waals surface area contributed by atoms with E-state index in [0.717, 1.165) is 27.5 Å². The van der Waals surface area contributed by atoms with Gasteiger partial charge in [-0.25, -0.2) is 14.8 Å². The van der Waals surface area contributed by atoms with E-state index in [9.17, 15) is 9.18 Å². The number of halogens is 1. The first kappa shape index (κ1) is 16.8. The first-order valence-electron chi connectivity index (χ1n) is 8.07. The van der Waals surface area contributed by atoms with Crippen molar-refractivity contribution in [3.63, 3.8) is 0 Å².